The number of nitrogens with zero attached hydrogens (tertiary/aromatic N) is 1. The average Bonchev–Trinajstić information content (AvgIpc) is 2.44. The number of ether oxygens (including phenoxy) is 2. The fourth-order valence-electron chi connectivity index (χ4n) is 1.47. The van der Waals surface area contributed by atoms with Crippen molar-refractivity contribution in [3.63, 3.8) is 0 Å². The maximum absolute atomic E-state index is 11.5. The summed E-state index contributed by atoms with van der Waals surface area (Å²) >= 11 is 5.91. The predicted molar refractivity (Wildman–Crippen MR) is 70.5 cm³/mol. The second kappa shape index (κ2) is 6.76. The molecule has 0 saturated carbocycles. The van der Waals surface area contributed by atoms with Crippen LogP contribution in [0.2, 0.25) is 5.02 Å². The highest BCUT2D eigenvalue weighted by Gasteiger charge is 2.20. The number of hydrogen-bond donors (Lipinski definition) is 1. The highest BCUT2D eigenvalue weighted by atomic mass is 35.5. The van der Waals surface area contributed by atoms with Crippen molar-refractivity contribution in [1.82, 2.24) is 0 Å². The van der Waals surface area contributed by atoms with Crippen molar-refractivity contribution in [3.8, 4) is 0 Å². The molecule has 0 heterocycles. The summed E-state index contributed by atoms with van der Waals surface area (Å²) in [5.74, 6) is -1.37. The van der Waals surface area contributed by atoms with Crippen LogP contribution in [0.15, 0.2) is 29.7 Å². The van der Waals surface area contributed by atoms with E-state index in [1.165, 1.54) is 19.2 Å². The minimum atomic E-state index is -0.779. The quantitative estimate of drug-likeness (QED) is 0.295. The molecule has 1 aromatic carbocycles. The van der Waals surface area contributed by atoms with E-state index in [0.717, 1.165) is 13.2 Å². The first-order valence-corrected chi connectivity index (χ1v) is 5.75. The minimum Gasteiger partial charge on any atom is -0.481 e. The molecule has 0 saturated heterocycles. The van der Waals surface area contributed by atoms with Crippen molar-refractivity contribution in [2.75, 3.05) is 14.2 Å². The first-order chi connectivity index (χ1) is 9.40. The molecule has 1 rings (SSSR count). The molecule has 1 aromatic rings. The number of carbonyl (C=O) groups excluding carboxylic acids is 1. The van der Waals surface area contributed by atoms with E-state index in [1.807, 2.05) is 0 Å². The van der Waals surface area contributed by atoms with E-state index in [1.54, 1.807) is 0 Å². The van der Waals surface area contributed by atoms with Gasteiger partial charge in [0.15, 0.2) is 0 Å². The van der Waals surface area contributed by atoms with Crippen LogP contribution in [0.4, 0.5) is 5.69 Å². The molecule has 0 amide bonds. The molecule has 0 aromatic heterocycles. The van der Waals surface area contributed by atoms with Gasteiger partial charge in [0.1, 0.15) is 5.57 Å². The molecule has 0 aliphatic carbocycles. The van der Waals surface area contributed by atoms with Crippen molar-refractivity contribution in [2.45, 2.75) is 6.42 Å². The van der Waals surface area contributed by atoms with Gasteiger partial charge < -0.3 is 14.6 Å². The largest absolute Gasteiger partial charge is 0.481 e. The number of nitro benzene ring substituents is 1. The molecule has 7 nitrogen and oxygen atoms in total. The number of hydrogen-bond acceptors (Lipinski definition) is 6. The van der Waals surface area contributed by atoms with Gasteiger partial charge in [0, 0.05) is 18.6 Å². The van der Waals surface area contributed by atoms with E-state index in [-0.39, 0.29) is 22.7 Å². The lowest BCUT2D eigenvalue weighted by molar-refractivity contribution is -0.384. The van der Waals surface area contributed by atoms with Gasteiger partial charge in [0.05, 0.1) is 24.2 Å². The van der Waals surface area contributed by atoms with E-state index < -0.39 is 16.8 Å². The summed E-state index contributed by atoms with van der Waals surface area (Å²) in [5, 5.41) is 20.2. The van der Waals surface area contributed by atoms with Crippen LogP contribution in [-0.4, -0.2) is 30.2 Å². The second-order valence-electron chi connectivity index (χ2n) is 3.69. The van der Waals surface area contributed by atoms with E-state index in [4.69, 9.17) is 11.6 Å². The van der Waals surface area contributed by atoms with Crippen LogP contribution in [0, 0.1) is 10.1 Å². The molecule has 20 heavy (non-hydrogen) atoms. The minimum absolute atomic E-state index is 0.0802. The van der Waals surface area contributed by atoms with Gasteiger partial charge in [0.2, 0.25) is 0 Å². The molecule has 0 aliphatic rings. The lowest BCUT2D eigenvalue weighted by Crippen LogP contribution is -2.12. The topological polar surface area (TPSA) is 98.9 Å². The van der Waals surface area contributed by atoms with Gasteiger partial charge in [-0.05, 0) is 5.56 Å². The Morgan fingerprint density at radius 1 is 1.40 bits per heavy atom. The molecule has 0 spiro atoms. The summed E-state index contributed by atoms with van der Waals surface area (Å²) in [6, 6.07) is 3.81. The lowest BCUT2D eigenvalue weighted by atomic mass is 10.1. The summed E-state index contributed by atoms with van der Waals surface area (Å²) in [4.78, 5) is 21.5. The van der Waals surface area contributed by atoms with Crippen LogP contribution in [0.1, 0.15) is 5.56 Å². The van der Waals surface area contributed by atoms with Crippen molar-refractivity contribution in [3.05, 3.63) is 50.4 Å². The fraction of sp³-hybridized carbons (Fsp3) is 0.250. The Morgan fingerprint density at radius 3 is 2.50 bits per heavy atom. The standard InChI is InChI=1S/C12H12ClNO6/c1-19-11(15)9(12(16)20-2)5-7-3-4-8(14(17)18)6-10(7)13/h3-4,6,15H,5H2,1-2H3/b11-9+. The Hall–Kier alpha value is -2.28. The van der Waals surface area contributed by atoms with Gasteiger partial charge in [-0.15, -0.1) is 0 Å². The molecule has 0 radical (unpaired) electrons. The SMILES string of the molecule is COC(=O)/C(Cc1ccc([N+](=O)[O-])cc1Cl)=C(\O)OC. The Morgan fingerprint density at radius 2 is 2.05 bits per heavy atom. The highest BCUT2D eigenvalue weighted by Crippen LogP contribution is 2.25. The predicted octanol–water partition coefficient (Wildman–Crippen LogP) is 2.38. The third-order valence-electron chi connectivity index (χ3n) is 2.50. The molecule has 0 unspecified atom stereocenters. The number of nitro groups is 1. The van der Waals surface area contributed by atoms with Crippen LogP contribution in [0.3, 0.4) is 0 Å². The van der Waals surface area contributed by atoms with Crippen LogP contribution in [0.5, 0.6) is 0 Å². The number of halogens is 1. The lowest BCUT2D eigenvalue weighted by Gasteiger charge is -2.09. The van der Waals surface area contributed by atoms with Crippen molar-refractivity contribution in [1.29, 1.82) is 0 Å². The van der Waals surface area contributed by atoms with Crippen LogP contribution in [-0.2, 0) is 20.7 Å². The Kier molecular flexibility index (Phi) is 5.33. The van der Waals surface area contributed by atoms with Crippen LogP contribution < -0.4 is 0 Å². The Labute approximate surface area is 119 Å². The van der Waals surface area contributed by atoms with Gasteiger partial charge in [0.25, 0.3) is 11.6 Å². The molecule has 1 N–H and O–H groups in total. The molecule has 0 fully saturated rings. The summed E-state index contributed by atoms with van der Waals surface area (Å²) in [6.45, 7) is 0. The molecule has 8 heteroatoms. The monoisotopic (exact) mass is 301 g/mol. The molecule has 0 atom stereocenters. The molecule has 0 bridgehead atoms. The van der Waals surface area contributed by atoms with E-state index in [2.05, 4.69) is 9.47 Å². The van der Waals surface area contributed by atoms with Gasteiger partial charge >= 0.3 is 5.97 Å². The van der Waals surface area contributed by atoms with Crippen LogP contribution >= 0.6 is 11.6 Å². The van der Waals surface area contributed by atoms with Gasteiger partial charge in [-0.1, -0.05) is 17.7 Å². The third kappa shape index (κ3) is 3.61. The maximum Gasteiger partial charge on any atom is 0.341 e. The molecular weight excluding hydrogens is 290 g/mol. The normalized spacial score (nSPS) is 11.6. The number of esters is 1. The zero-order valence-electron chi connectivity index (χ0n) is 10.8. The second-order valence-corrected chi connectivity index (χ2v) is 4.10. The van der Waals surface area contributed by atoms with E-state index >= 15 is 0 Å². The molecule has 108 valence electrons. The number of carbonyl (C=O) groups is 1. The number of rotatable bonds is 5. The summed E-state index contributed by atoms with van der Waals surface area (Å²) in [5.41, 5.74) is 0.116. The number of aliphatic hydroxyl groups excluding tert-OH is 1. The Balaban J connectivity index is 3.13. The fourth-order valence-corrected chi connectivity index (χ4v) is 1.71. The first-order valence-electron chi connectivity index (χ1n) is 5.38. The summed E-state index contributed by atoms with van der Waals surface area (Å²) in [6.07, 6.45) is -0.0802. The summed E-state index contributed by atoms with van der Waals surface area (Å²) < 4.78 is 9.11. The molecule has 0 aliphatic heterocycles. The smallest absolute Gasteiger partial charge is 0.341 e. The maximum atomic E-state index is 11.5. The van der Waals surface area contributed by atoms with Crippen molar-refractivity contribution >= 4 is 23.3 Å². The van der Waals surface area contributed by atoms with E-state index in [9.17, 15) is 20.0 Å². The molecular formula is C12H12ClNO6. The van der Waals surface area contributed by atoms with Crippen LogP contribution in [0.25, 0.3) is 0 Å². The first kappa shape index (κ1) is 15.8. The van der Waals surface area contributed by atoms with Crippen molar-refractivity contribution < 1.29 is 24.3 Å². The number of methoxy groups -OCH3 is 2. The Bertz CT molecular complexity index is 569. The zero-order valence-corrected chi connectivity index (χ0v) is 11.5. The van der Waals surface area contributed by atoms with Crippen molar-refractivity contribution in [2.24, 2.45) is 0 Å². The van der Waals surface area contributed by atoms with Gasteiger partial charge in [-0.25, -0.2) is 4.79 Å². The van der Waals surface area contributed by atoms with E-state index in [0.29, 0.717) is 5.56 Å². The number of benzene rings is 1. The average molecular weight is 302 g/mol. The van der Waals surface area contributed by atoms with Gasteiger partial charge in [-0.3, -0.25) is 10.1 Å². The highest BCUT2D eigenvalue weighted by molar-refractivity contribution is 6.31. The number of non-ortho nitro benzene ring substituents is 1. The third-order valence-corrected chi connectivity index (χ3v) is 2.85. The summed E-state index contributed by atoms with van der Waals surface area (Å²) in [7, 11) is 2.35. The zero-order chi connectivity index (χ0) is 15.3. The number of aliphatic hydroxyl groups is 1. The van der Waals surface area contributed by atoms with Gasteiger partial charge in [-0.2, -0.15) is 0 Å².